The van der Waals surface area contributed by atoms with Crippen LogP contribution in [0.2, 0.25) is 0 Å². The zero-order valence-corrected chi connectivity index (χ0v) is 21.6. The lowest BCUT2D eigenvalue weighted by molar-refractivity contribution is -0.274. The summed E-state index contributed by atoms with van der Waals surface area (Å²) in [6.07, 6.45) is 3.03. The summed E-state index contributed by atoms with van der Waals surface area (Å²) in [6.45, 7) is 3.93. The summed E-state index contributed by atoms with van der Waals surface area (Å²) in [4.78, 5) is 2.21. The minimum absolute atomic E-state index is 0.0146. The maximum Gasteiger partial charge on any atom is 0.573 e. The molecule has 1 aliphatic heterocycles. The minimum atomic E-state index is -4.74. The zero-order valence-electron chi connectivity index (χ0n) is 20.8. The van der Waals surface area contributed by atoms with Crippen LogP contribution in [0.3, 0.4) is 0 Å². The van der Waals surface area contributed by atoms with E-state index in [1.165, 1.54) is 22.7 Å². The average molecular weight is 537 g/mol. The van der Waals surface area contributed by atoms with Crippen molar-refractivity contribution < 1.29 is 31.1 Å². The Morgan fingerprint density at radius 3 is 2.22 bits per heavy atom. The third-order valence-corrected chi connectivity index (χ3v) is 8.04. The van der Waals surface area contributed by atoms with E-state index in [0.717, 1.165) is 17.0 Å². The van der Waals surface area contributed by atoms with Gasteiger partial charge in [-0.15, -0.1) is 13.2 Å². The van der Waals surface area contributed by atoms with E-state index in [0.29, 0.717) is 32.6 Å². The summed E-state index contributed by atoms with van der Waals surface area (Å²) in [6, 6.07) is 15.5. The molecule has 0 amide bonds. The van der Waals surface area contributed by atoms with E-state index in [-0.39, 0.29) is 23.7 Å². The van der Waals surface area contributed by atoms with Gasteiger partial charge in [0.2, 0.25) is 10.0 Å². The van der Waals surface area contributed by atoms with E-state index in [1.54, 1.807) is 12.1 Å². The van der Waals surface area contributed by atoms with E-state index >= 15 is 0 Å². The number of benzene rings is 2. The first-order chi connectivity index (χ1) is 17.5. The van der Waals surface area contributed by atoms with Crippen LogP contribution in [0.25, 0.3) is 0 Å². The molecule has 0 bridgehead atoms. The standard InChI is InChI=1S/C27H31F3N2O4S/c1-20(35-22-7-4-3-5-8-22)24-9-6-10-26(31-15-17-32(18-16-31)37(2,33)34)25(24)19-21-11-13-23(14-12-21)36-27(28,29)30/h3-14,20,24-25H,15-19H2,1-2H3. The summed E-state index contributed by atoms with van der Waals surface area (Å²) < 4.78 is 73.5. The number of hydrogen-bond donors (Lipinski definition) is 0. The van der Waals surface area contributed by atoms with Crippen LogP contribution in [0.5, 0.6) is 11.5 Å². The normalized spacial score (nSPS) is 21.9. The number of allylic oxidation sites excluding steroid dienone is 3. The van der Waals surface area contributed by atoms with Crippen molar-refractivity contribution in [3.63, 3.8) is 0 Å². The van der Waals surface area contributed by atoms with Crippen molar-refractivity contribution in [3.05, 3.63) is 84.1 Å². The molecule has 10 heteroatoms. The Labute approximate surface area is 216 Å². The van der Waals surface area contributed by atoms with Crippen LogP contribution in [-0.4, -0.2) is 62.5 Å². The number of alkyl halides is 3. The van der Waals surface area contributed by atoms with Crippen molar-refractivity contribution in [1.29, 1.82) is 0 Å². The van der Waals surface area contributed by atoms with Gasteiger partial charge in [-0.3, -0.25) is 0 Å². The predicted molar refractivity (Wildman–Crippen MR) is 136 cm³/mol. The summed E-state index contributed by atoms with van der Waals surface area (Å²) in [5.41, 5.74) is 1.94. The van der Waals surface area contributed by atoms with Crippen molar-refractivity contribution in [1.82, 2.24) is 9.21 Å². The van der Waals surface area contributed by atoms with Crippen LogP contribution in [0, 0.1) is 11.8 Å². The van der Waals surface area contributed by atoms with Crippen LogP contribution >= 0.6 is 0 Å². The molecular formula is C27H31F3N2O4S. The molecule has 2 aliphatic rings. The lowest BCUT2D eigenvalue weighted by Gasteiger charge is -2.42. The Hall–Kier alpha value is -2.98. The van der Waals surface area contributed by atoms with E-state index in [1.807, 2.05) is 49.4 Å². The number of piperazine rings is 1. The second kappa shape index (κ2) is 11.2. The van der Waals surface area contributed by atoms with Gasteiger partial charge in [0.1, 0.15) is 17.6 Å². The van der Waals surface area contributed by atoms with Gasteiger partial charge in [-0.25, -0.2) is 8.42 Å². The summed E-state index contributed by atoms with van der Waals surface area (Å²) in [5.74, 6) is 0.459. The second-order valence-corrected chi connectivity index (χ2v) is 11.3. The van der Waals surface area contributed by atoms with Crippen molar-refractivity contribution >= 4 is 10.0 Å². The third kappa shape index (κ3) is 7.29. The van der Waals surface area contributed by atoms with Crippen LogP contribution in [0.1, 0.15) is 12.5 Å². The molecule has 2 aromatic carbocycles. The number of para-hydroxylation sites is 1. The Morgan fingerprint density at radius 1 is 0.973 bits per heavy atom. The Bertz CT molecular complexity index is 1210. The second-order valence-electron chi connectivity index (χ2n) is 9.34. The molecule has 0 spiro atoms. The highest BCUT2D eigenvalue weighted by Gasteiger charge is 2.35. The van der Waals surface area contributed by atoms with Crippen molar-refractivity contribution in [2.45, 2.75) is 25.8 Å². The lowest BCUT2D eigenvalue weighted by atomic mass is 9.78. The molecule has 0 saturated carbocycles. The van der Waals surface area contributed by atoms with Crippen LogP contribution in [0.15, 0.2) is 78.5 Å². The molecule has 6 nitrogen and oxygen atoms in total. The average Bonchev–Trinajstić information content (AvgIpc) is 2.84. The smallest absolute Gasteiger partial charge is 0.490 e. The fourth-order valence-electron chi connectivity index (χ4n) is 4.95. The topological polar surface area (TPSA) is 59.1 Å². The van der Waals surface area contributed by atoms with Crippen LogP contribution < -0.4 is 9.47 Å². The molecule has 4 rings (SSSR count). The molecule has 0 radical (unpaired) electrons. The van der Waals surface area contributed by atoms with Gasteiger partial charge in [-0.1, -0.05) is 42.5 Å². The van der Waals surface area contributed by atoms with Crippen molar-refractivity contribution in [3.8, 4) is 11.5 Å². The number of ether oxygens (including phenoxy) is 2. The highest BCUT2D eigenvalue weighted by Crippen LogP contribution is 2.36. The van der Waals surface area contributed by atoms with Crippen LogP contribution in [-0.2, 0) is 16.4 Å². The maximum absolute atomic E-state index is 12.6. The summed E-state index contributed by atoms with van der Waals surface area (Å²) in [5, 5.41) is 0. The molecule has 0 aromatic heterocycles. The lowest BCUT2D eigenvalue weighted by Crippen LogP contribution is -2.50. The highest BCUT2D eigenvalue weighted by atomic mass is 32.2. The van der Waals surface area contributed by atoms with Gasteiger partial charge in [0.15, 0.2) is 0 Å². The molecule has 2 aromatic rings. The Balaban J connectivity index is 1.56. The Kier molecular flexibility index (Phi) is 8.18. The molecule has 3 unspecified atom stereocenters. The zero-order chi connectivity index (χ0) is 26.6. The minimum Gasteiger partial charge on any atom is -0.490 e. The SMILES string of the molecule is CC(Oc1ccccc1)C1C=CC=C(N2CCN(S(C)(=O)=O)CC2)C1Cc1ccc(OC(F)(F)F)cc1. The molecule has 3 atom stereocenters. The summed E-state index contributed by atoms with van der Waals surface area (Å²) in [7, 11) is -3.26. The van der Waals surface area contributed by atoms with E-state index in [4.69, 9.17) is 4.74 Å². The number of hydrogen-bond acceptors (Lipinski definition) is 5. The van der Waals surface area contributed by atoms with E-state index in [2.05, 4.69) is 15.7 Å². The fourth-order valence-corrected chi connectivity index (χ4v) is 5.78. The van der Waals surface area contributed by atoms with Gasteiger partial charge in [0.25, 0.3) is 0 Å². The van der Waals surface area contributed by atoms with E-state index < -0.39 is 16.4 Å². The number of halogens is 3. The molecule has 1 saturated heterocycles. The quantitative estimate of drug-likeness (QED) is 0.483. The fraction of sp³-hybridized carbons (Fsp3) is 0.407. The van der Waals surface area contributed by atoms with Gasteiger partial charge in [0, 0.05) is 43.7 Å². The molecule has 1 fully saturated rings. The number of nitrogens with zero attached hydrogens (tertiary/aromatic N) is 2. The van der Waals surface area contributed by atoms with Gasteiger partial charge >= 0.3 is 6.36 Å². The first-order valence-electron chi connectivity index (χ1n) is 12.1. The number of rotatable bonds is 8. The molecular weight excluding hydrogens is 505 g/mol. The predicted octanol–water partition coefficient (Wildman–Crippen LogP) is 4.86. The van der Waals surface area contributed by atoms with Gasteiger partial charge in [-0.2, -0.15) is 4.31 Å². The van der Waals surface area contributed by atoms with E-state index in [9.17, 15) is 21.6 Å². The highest BCUT2D eigenvalue weighted by molar-refractivity contribution is 7.88. The largest absolute Gasteiger partial charge is 0.573 e. The number of sulfonamides is 1. The monoisotopic (exact) mass is 536 g/mol. The summed E-state index contributed by atoms with van der Waals surface area (Å²) >= 11 is 0. The van der Waals surface area contributed by atoms with Crippen LogP contribution in [0.4, 0.5) is 13.2 Å². The molecule has 200 valence electrons. The van der Waals surface area contributed by atoms with Crippen molar-refractivity contribution in [2.24, 2.45) is 11.8 Å². The van der Waals surface area contributed by atoms with Gasteiger partial charge < -0.3 is 14.4 Å². The first kappa shape index (κ1) is 27.1. The molecule has 37 heavy (non-hydrogen) atoms. The Morgan fingerprint density at radius 2 is 1.62 bits per heavy atom. The molecule has 1 heterocycles. The van der Waals surface area contributed by atoms with Gasteiger partial charge in [-0.05, 0) is 49.2 Å². The van der Waals surface area contributed by atoms with Crippen molar-refractivity contribution in [2.75, 3.05) is 32.4 Å². The molecule has 1 aliphatic carbocycles. The van der Waals surface area contributed by atoms with Gasteiger partial charge in [0.05, 0.1) is 6.26 Å². The third-order valence-electron chi connectivity index (χ3n) is 6.74. The first-order valence-corrected chi connectivity index (χ1v) is 14.0. The maximum atomic E-state index is 12.6. The molecule has 0 N–H and O–H groups in total.